The topological polar surface area (TPSA) is 22.0 Å². The third kappa shape index (κ3) is 1.83. The number of aromatic nitrogens is 1. The number of fused-ring (bicyclic) bond motifs is 3. The number of rotatable bonds is 1. The van der Waals surface area contributed by atoms with Crippen molar-refractivity contribution in [3.63, 3.8) is 0 Å². The molecule has 0 unspecified atom stereocenters. The molecule has 0 saturated carbocycles. The Kier molecular flexibility index (Phi) is 2.86. The van der Waals surface area contributed by atoms with Crippen molar-refractivity contribution in [3.05, 3.63) is 64.8 Å². The number of ketones is 1. The largest absolute Gasteiger partial charge is 0.311 e. The van der Waals surface area contributed by atoms with Gasteiger partial charge >= 0.3 is 0 Å². The number of benzene rings is 2. The van der Waals surface area contributed by atoms with Crippen LogP contribution in [0.5, 0.6) is 0 Å². The van der Waals surface area contributed by atoms with Gasteiger partial charge in [-0.2, -0.15) is 0 Å². The average molecular weight is 296 g/mol. The van der Waals surface area contributed by atoms with Gasteiger partial charge in [-0.25, -0.2) is 0 Å². The van der Waals surface area contributed by atoms with Gasteiger partial charge in [0.15, 0.2) is 5.78 Å². The van der Waals surface area contributed by atoms with E-state index in [1.54, 1.807) is 0 Å². The van der Waals surface area contributed by atoms with Crippen LogP contribution in [0.2, 0.25) is 5.02 Å². The Morgan fingerprint density at radius 2 is 1.71 bits per heavy atom. The second-order valence-corrected chi connectivity index (χ2v) is 5.81. The van der Waals surface area contributed by atoms with Crippen molar-refractivity contribution in [2.45, 2.75) is 19.3 Å². The van der Waals surface area contributed by atoms with Gasteiger partial charge in [-0.05, 0) is 31.0 Å². The summed E-state index contributed by atoms with van der Waals surface area (Å²) >= 11 is 6.39. The van der Waals surface area contributed by atoms with Crippen LogP contribution < -0.4 is 0 Å². The maximum Gasteiger partial charge on any atom is 0.165 e. The Balaban J connectivity index is 2.15. The molecular formula is C18H14ClNO. The molecule has 2 nitrogen and oxygen atoms in total. The Morgan fingerprint density at radius 3 is 2.57 bits per heavy atom. The molecule has 4 rings (SSSR count). The quantitative estimate of drug-likeness (QED) is 0.632. The fraction of sp³-hybridized carbons (Fsp3) is 0.167. The molecule has 0 N–H and O–H groups in total. The van der Waals surface area contributed by atoms with Crippen molar-refractivity contribution in [2.24, 2.45) is 0 Å². The maximum absolute atomic E-state index is 12.4. The first kappa shape index (κ1) is 12.7. The molecule has 0 atom stereocenters. The van der Waals surface area contributed by atoms with Gasteiger partial charge in [-0.1, -0.05) is 41.9 Å². The van der Waals surface area contributed by atoms with Crippen molar-refractivity contribution in [1.82, 2.24) is 4.57 Å². The number of halogens is 1. The highest BCUT2D eigenvalue weighted by Crippen LogP contribution is 2.36. The number of carbonyl (C=O) groups is 1. The molecular weight excluding hydrogens is 282 g/mol. The Morgan fingerprint density at radius 1 is 0.952 bits per heavy atom. The molecule has 1 aliphatic rings. The predicted octanol–water partition coefficient (Wildman–Crippen LogP) is 4.80. The molecule has 0 bridgehead atoms. The standard InChI is InChI=1S/C18H14ClNO/c19-13-7-2-4-9-15(13)20-14-8-3-1-6-12(14)18-16(20)10-5-11-17(18)21/h1-4,6-9H,5,10-11H2. The lowest BCUT2D eigenvalue weighted by Crippen LogP contribution is -2.12. The van der Waals surface area contributed by atoms with Crippen molar-refractivity contribution in [1.29, 1.82) is 0 Å². The first-order chi connectivity index (χ1) is 10.3. The highest BCUT2D eigenvalue weighted by molar-refractivity contribution is 6.32. The average Bonchev–Trinajstić information content (AvgIpc) is 2.83. The lowest BCUT2D eigenvalue weighted by molar-refractivity contribution is 0.0973. The smallest absolute Gasteiger partial charge is 0.165 e. The molecule has 0 aliphatic heterocycles. The Bertz CT molecular complexity index is 863. The number of para-hydroxylation sites is 2. The number of nitrogens with zero attached hydrogens (tertiary/aromatic N) is 1. The zero-order valence-corrected chi connectivity index (χ0v) is 12.2. The highest BCUT2D eigenvalue weighted by Gasteiger charge is 2.26. The van der Waals surface area contributed by atoms with E-state index in [0.717, 1.165) is 40.7 Å². The van der Waals surface area contributed by atoms with Crippen LogP contribution in [0.15, 0.2) is 48.5 Å². The van der Waals surface area contributed by atoms with Crippen LogP contribution >= 0.6 is 11.6 Å². The molecule has 0 spiro atoms. The highest BCUT2D eigenvalue weighted by atomic mass is 35.5. The van der Waals surface area contributed by atoms with Gasteiger partial charge in [0.1, 0.15) is 0 Å². The van der Waals surface area contributed by atoms with Crippen molar-refractivity contribution in [2.75, 3.05) is 0 Å². The third-order valence-corrected chi connectivity index (χ3v) is 4.48. The summed E-state index contributed by atoms with van der Waals surface area (Å²) in [5.74, 6) is 0.248. The van der Waals surface area contributed by atoms with Gasteiger partial charge in [0.05, 0.1) is 16.2 Å². The van der Waals surface area contributed by atoms with Gasteiger partial charge in [-0.3, -0.25) is 4.79 Å². The van der Waals surface area contributed by atoms with Gasteiger partial charge < -0.3 is 4.57 Å². The molecule has 1 aromatic heterocycles. The molecule has 0 radical (unpaired) electrons. The fourth-order valence-corrected chi connectivity index (χ4v) is 3.51. The van der Waals surface area contributed by atoms with E-state index in [1.165, 1.54) is 0 Å². The lowest BCUT2D eigenvalue weighted by Gasteiger charge is -2.16. The van der Waals surface area contributed by atoms with Crippen LogP contribution in [0.3, 0.4) is 0 Å². The van der Waals surface area contributed by atoms with Crippen LogP contribution in [-0.4, -0.2) is 10.4 Å². The third-order valence-electron chi connectivity index (χ3n) is 4.16. The molecule has 0 fully saturated rings. The molecule has 0 amide bonds. The van der Waals surface area contributed by atoms with E-state index in [0.29, 0.717) is 11.4 Å². The molecule has 1 heterocycles. The van der Waals surface area contributed by atoms with E-state index in [9.17, 15) is 4.79 Å². The zero-order chi connectivity index (χ0) is 14.4. The van der Waals surface area contributed by atoms with Crippen LogP contribution in [0.25, 0.3) is 16.6 Å². The van der Waals surface area contributed by atoms with Crippen LogP contribution in [0.4, 0.5) is 0 Å². The van der Waals surface area contributed by atoms with Gasteiger partial charge in [0.25, 0.3) is 0 Å². The predicted molar refractivity (Wildman–Crippen MR) is 85.6 cm³/mol. The van der Waals surface area contributed by atoms with Gasteiger partial charge in [0.2, 0.25) is 0 Å². The molecule has 104 valence electrons. The summed E-state index contributed by atoms with van der Waals surface area (Å²) in [6.45, 7) is 0. The van der Waals surface area contributed by atoms with E-state index in [2.05, 4.69) is 10.6 Å². The van der Waals surface area contributed by atoms with Gasteiger partial charge in [-0.15, -0.1) is 0 Å². The van der Waals surface area contributed by atoms with Crippen LogP contribution in [0, 0.1) is 0 Å². The van der Waals surface area contributed by atoms with Gasteiger partial charge in [0, 0.05) is 23.1 Å². The lowest BCUT2D eigenvalue weighted by atomic mass is 9.94. The summed E-state index contributed by atoms with van der Waals surface area (Å²) < 4.78 is 2.16. The van der Waals surface area contributed by atoms with Crippen molar-refractivity contribution in [3.8, 4) is 5.69 Å². The monoisotopic (exact) mass is 295 g/mol. The maximum atomic E-state index is 12.4. The van der Waals surface area contributed by atoms with E-state index in [1.807, 2.05) is 42.5 Å². The number of carbonyl (C=O) groups excluding carboxylic acids is 1. The number of hydrogen-bond acceptors (Lipinski definition) is 1. The molecule has 2 aromatic carbocycles. The van der Waals surface area contributed by atoms with E-state index >= 15 is 0 Å². The van der Waals surface area contributed by atoms with E-state index < -0.39 is 0 Å². The number of Topliss-reactive ketones (excluding diaryl/α,β-unsaturated/α-hetero) is 1. The Hall–Kier alpha value is -2.06. The molecule has 3 heteroatoms. The molecule has 3 aromatic rings. The first-order valence-electron chi connectivity index (χ1n) is 7.18. The van der Waals surface area contributed by atoms with Crippen LogP contribution in [0.1, 0.15) is 28.9 Å². The second-order valence-electron chi connectivity index (χ2n) is 5.40. The van der Waals surface area contributed by atoms with Crippen molar-refractivity contribution < 1.29 is 4.79 Å². The second kappa shape index (κ2) is 4.74. The van der Waals surface area contributed by atoms with Crippen LogP contribution in [-0.2, 0) is 6.42 Å². The fourth-order valence-electron chi connectivity index (χ4n) is 3.29. The van der Waals surface area contributed by atoms with E-state index in [4.69, 9.17) is 11.6 Å². The minimum absolute atomic E-state index is 0.248. The number of hydrogen-bond donors (Lipinski definition) is 0. The summed E-state index contributed by atoms with van der Waals surface area (Å²) in [4.78, 5) is 12.4. The minimum atomic E-state index is 0.248. The molecule has 21 heavy (non-hydrogen) atoms. The van der Waals surface area contributed by atoms with Crippen molar-refractivity contribution >= 4 is 28.3 Å². The molecule has 1 aliphatic carbocycles. The summed E-state index contributed by atoms with van der Waals surface area (Å²) in [7, 11) is 0. The minimum Gasteiger partial charge on any atom is -0.311 e. The van der Waals surface area contributed by atoms with E-state index in [-0.39, 0.29) is 5.78 Å². The summed E-state index contributed by atoms with van der Waals surface area (Å²) in [5.41, 5.74) is 3.99. The first-order valence-corrected chi connectivity index (χ1v) is 7.55. The summed E-state index contributed by atoms with van der Waals surface area (Å²) in [6.07, 6.45) is 2.47. The Labute approximate surface area is 128 Å². The zero-order valence-electron chi connectivity index (χ0n) is 11.5. The normalized spacial score (nSPS) is 14.4. The SMILES string of the molecule is O=C1CCCc2c1c1ccccc1n2-c1ccccc1Cl. The summed E-state index contributed by atoms with van der Waals surface area (Å²) in [6, 6.07) is 15.9. The summed E-state index contributed by atoms with van der Waals surface area (Å²) in [5, 5.41) is 1.75. The molecule has 0 saturated heterocycles.